The van der Waals surface area contributed by atoms with E-state index in [0.29, 0.717) is 37.1 Å². The standard InChI is InChI=1S/C21H23F3N2O6S2.C11H13FO2.C2H6/c1-25(33(2,28)29)13-3-4-15-5-9-17(10-6-15)26-19(14-20(26)27)16-7-11-18(12-8-16)32-34(30,31)21(22,23)24;1-3-11(14-8(2)13)9-4-6-10(12)7-5-9;1-2/h5-12,19H,3-4,13-14H2,1-2H3;4-7,11H,3H2,1-2H3;1-2H3/t19-;;/m0../s1. The third-order valence-corrected chi connectivity index (χ3v) is 9.64. The number of amides is 1. The van der Waals surface area contributed by atoms with Gasteiger partial charge in [-0.3, -0.25) is 9.59 Å². The van der Waals surface area contributed by atoms with Crippen molar-refractivity contribution in [3.63, 3.8) is 0 Å². The lowest BCUT2D eigenvalue weighted by molar-refractivity contribution is -0.146. The van der Waals surface area contributed by atoms with E-state index >= 15 is 0 Å². The Labute approximate surface area is 291 Å². The average Bonchev–Trinajstić information content (AvgIpc) is 3.04. The first kappa shape index (κ1) is 42.1. The number of esters is 1. The fraction of sp³-hybridized carbons (Fsp3) is 0.412. The van der Waals surface area contributed by atoms with E-state index in [1.807, 2.05) is 32.9 Å². The summed E-state index contributed by atoms with van der Waals surface area (Å²) in [5.41, 5.74) is -2.48. The van der Waals surface area contributed by atoms with Gasteiger partial charge in [-0.05, 0) is 72.4 Å². The molecule has 1 amide bonds. The quantitative estimate of drug-likeness (QED) is 0.0633. The lowest BCUT2D eigenvalue weighted by Crippen LogP contribution is -2.46. The molecule has 3 aromatic rings. The van der Waals surface area contributed by atoms with Gasteiger partial charge < -0.3 is 13.8 Å². The van der Waals surface area contributed by atoms with Crippen LogP contribution in [0.2, 0.25) is 0 Å². The zero-order valence-electron chi connectivity index (χ0n) is 28.6. The lowest BCUT2D eigenvalue weighted by atomic mass is 9.92. The molecular formula is C34H42F4N2O8S2. The van der Waals surface area contributed by atoms with Crippen LogP contribution in [0.15, 0.2) is 72.8 Å². The summed E-state index contributed by atoms with van der Waals surface area (Å²) < 4.78 is 106. The second kappa shape index (κ2) is 18.3. The highest BCUT2D eigenvalue weighted by Crippen LogP contribution is 2.39. The minimum atomic E-state index is -5.76. The Morgan fingerprint density at radius 1 is 0.960 bits per heavy atom. The minimum absolute atomic E-state index is 0.132. The van der Waals surface area contributed by atoms with Crippen molar-refractivity contribution in [1.29, 1.82) is 0 Å². The summed E-state index contributed by atoms with van der Waals surface area (Å²) >= 11 is 0. The van der Waals surface area contributed by atoms with Gasteiger partial charge in [0.1, 0.15) is 17.7 Å². The first-order valence-electron chi connectivity index (χ1n) is 15.7. The van der Waals surface area contributed by atoms with E-state index in [0.717, 1.165) is 29.5 Å². The van der Waals surface area contributed by atoms with Crippen LogP contribution >= 0.6 is 0 Å². The summed E-state index contributed by atoms with van der Waals surface area (Å²) in [7, 11) is -7.47. The molecule has 3 aromatic carbocycles. The Hall–Kier alpha value is -4.02. The van der Waals surface area contributed by atoms with E-state index in [1.165, 1.54) is 42.5 Å². The molecule has 1 aliphatic rings. The Balaban J connectivity index is 0.000000452. The molecule has 1 saturated heterocycles. The number of nitrogens with zero attached hydrogens (tertiary/aromatic N) is 2. The van der Waals surface area contributed by atoms with Crippen LogP contribution < -0.4 is 9.08 Å². The summed E-state index contributed by atoms with van der Waals surface area (Å²) in [6.45, 7) is 7.67. The third-order valence-electron chi connectivity index (χ3n) is 7.34. The molecule has 1 aliphatic heterocycles. The average molecular weight is 747 g/mol. The van der Waals surface area contributed by atoms with Crippen LogP contribution in [0.3, 0.4) is 0 Å². The predicted octanol–water partition coefficient (Wildman–Crippen LogP) is 7.08. The third kappa shape index (κ3) is 12.1. The number of β-lactam (4-membered cyclic amide) rings is 1. The van der Waals surface area contributed by atoms with Crippen molar-refractivity contribution in [2.45, 2.75) is 71.0 Å². The predicted molar refractivity (Wildman–Crippen MR) is 182 cm³/mol. The van der Waals surface area contributed by atoms with Gasteiger partial charge >= 0.3 is 21.6 Å². The maximum Gasteiger partial charge on any atom is 0.534 e. The summed E-state index contributed by atoms with van der Waals surface area (Å²) in [4.78, 5) is 24.5. The van der Waals surface area contributed by atoms with E-state index in [1.54, 1.807) is 29.2 Å². The zero-order valence-corrected chi connectivity index (χ0v) is 30.2. The van der Waals surface area contributed by atoms with Crippen molar-refractivity contribution in [2.75, 3.05) is 24.7 Å². The molecule has 50 heavy (non-hydrogen) atoms. The first-order valence-corrected chi connectivity index (χ1v) is 18.9. The molecular weight excluding hydrogens is 705 g/mol. The van der Waals surface area contributed by atoms with Crippen LogP contribution in [0.5, 0.6) is 5.75 Å². The minimum Gasteiger partial charge on any atom is -0.458 e. The van der Waals surface area contributed by atoms with Crippen molar-refractivity contribution in [3.05, 3.63) is 95.3 Å². The number of rotatable bonds is 12. The number of ether oxygens (including phenoxy) is 1. The van der Waals surface area contributed by atoms with Crippen molar-refractivity contribution in [3.8, 4) is 5.75 Å². The van der Waals surface area contributed by atoms with Crippen LogP contribution in [0.25, 0.3) is 0 Å². The molecule has 2 atom stereocenters. The molecule has 1 heterocycles. The van der Waals surface area contributed by atoms with Crippen LogP contribution in [0.4, 0.5) is 23.2 Å². The second-order valence-electron chi connectivity index (χ2n) is 10.9. The summed E-state index contributed by atoms with van der Waals surface area (Å²) in [6, 6.07) is 17.9. The molecule has 4 rings (SSSR count). The Bertz CT molecular complexity index is 1770. The van der Waals surface area contributed by atoms with Crippen LogP contribution in [-0.2, 0) is 40.9 Å². The molecule has 0 saturated carbocycles. The van der Waals surface area contributed by atoms with E-state index in [2.05, 4.69) is 4.18 Å². The largest absolute Gasteiger partial charge is 0.534 e. The molecule has 0 bridgehead atoms. The number of halogens is 4. The number of sulfonamides is 1. The molecule has 1 unspecified atom stereocenters. The fourth-order valence-electron chi connectivity index (χ4n) is 4.69. The second-order valence-corrected chi connectivity index (χ2v) is 14.6. The highest BCUT2D eigenvalue weighted by Gasteiger charge is 2.48. The SMILES string of the molecule is CC.CCC(OC(C)=O)c1ccc(F)cc1.CN(CCCc1ccc(N2C(=O)C[C@H]2c2ccc(OS(=O)(=O)C(F)(F)F)cc2)cc1)S(C)(=O)=O. The van der Waals surface area contributed by atoms with Gasteiger partial charge in [0, 0.05) is 26.2 Å². The molecule has 0 aromatic heterocycles. The van der Waals surface area contributed by atoms with Gasteiger partial charge in [-0.2, -0.15) is 21.6 Å². The molecule has 1 fully saturated rings. The van der Waals surface area contributed by atoms with Gasteiger partial charge in [-0.25, -0.2) is 17.1 Å². The fourth-order valence-corrected chi connectivity index (χ4v) is 5.61. The Kier molecular flexibility index (Phi) is 15.4. The number of hydrogen-bond acceptors (Lipinski definition) is 8. The van der Waals surface area contributed by atoms with Gasteiger partial charge in [-0.1, -0.05) is 57.2 Å². The highest BCUT2D eigenvalue weighted by atomic mass is 32.2. The van der Waals surface area contributed by atoms with Crippen molar-refractivity contribution in [2.24, 2.45) is 0 Å². The topological polar surface area (TPSA) is 127 Å². The number of alkyl halides is 3. The number of aryl methyl sites for hydroxylation is 1. The van der Waals surface area contributed by atoms with Gasteiger partial charge in [-0.15, -0.1) is 0 Å². The van der Waals surface area contributed by atoms with Crippen molar-refractivity contribution < 1.29 is 52.9 Å². The van der Waals surface area contributed by atoms with Gasteiger partial charge in [0.15, 0.2) is 0 Å². The van der Waals surface area contributed by atoms with Crippen LogP contribution in [0.1, 0.15) is 75.8 Å². The normalized spacial score (nSPS) is 15.1. The molecule has 0 spiro atoms. The van der Waals surface area contributed by atoms with Crippen molar-refractivity contribution in [1.82, 2.24) is 4.31 Å². The molecule has 0 N–H and O–H groups in total. The number of carbonyl (C=O) groups excluding carboxylic acids is 2. The Morgan fingerprint density at radius 3 is 1.98 bits per heavy atom. The number of anilines is 1. The monoisotopic (exact) mass is 746 g/mol. The maximum absolute atomic E-state index is 12.6. The molecule has 16 heteroatoms. The smallest absolute Gasteiger partial charge is 0.458 e. The number of benzene rings is 3. The van der Waals surface area contributed by atoms with Crippen LogP contribution in [0, 0.1) is 5.82 Å². The Morgan fingerprint density at radius 2 is 1.52 bits per heavy atom. The van der Waals surface area contributed by atoms with E-state index in [9.17, 15) is 44.0 Å². The maximum atomic E-state index is 12.6. The van der Waals surface area contributed by atoms with E-state index in [-0.39, 0.29) is 36.3 Å². The lowest BCUT2D eigenvalue weighted by Gasteiger charge is -2.41. The summed E-state index contributed by atoms with van der Waals surface area (Å²) in [5, 5.41) is 0. The summed E-state index contributed by atoms with van der Waals surface area (Å²) in [5.74, 6) is -1.22. The summed E-state index contributed by atoms with van der Waals surface area (Å²) in [6.07, 6.45) is 3.04. The highest BCUT2D eigenvalue weighted by molar-refractivity contribution is 7.88. The number of hydrogen-bond donors (Lipinski definition) is 0. The molecule has 0 aliphatic carbocycles. The van der Waals surface area contributed by atoms with E-state index < -0.39 is 31.4 Å². The zero-order chi connectivity index (χ0) is 37.9. The number of carbonyl (C=O) groups is 2. The van der Waals surface area contributed by atoms with Gasteiger partial charge in [0.25, 0.3) is 0 Å². The molecule has 276 valence electrons. The van der Waals surface area contributed by atoms with Crippen LogP contribution in [-0.4, -0.2) is 58.4 Å². The van der Waals surface area contributed by atoms with Crippen molar-refractivity contribution >= 4 is 37.7 Å². The molecule has 10 nitrogen and oxygen atoms in total. The van der Waals surface area contributed by atoms with Gasteiger partial charge in [0.2, 0.25) is 15.9 Å². The van der Waals surface area contributed by atoms with E-state index in [4.69, 9.17) is 4.74 Å². The molecule has 0 radical (unpaired) electrons. The van der Waals surface area contributed by atoms with Gasteiger partial charge in [0.05, 0.1) is 18.7 Å². The first-order chi connectivity index (χ1) is 23.3.